The monoisotopic (exact) mass is 503 g/mol. The second-order valence-corrected chi connectivity index (χ2v) is 14.1. The molecule has 36 heavy (non-hydrogen) atoms. The van der Waals surface area contributed by atoms with Crippen LogP contribution in [0.3, 0.4) is 0 Å². The standard InChI is InChI=1S/C29H57N7/c1-11-13-15-34(22-17-26(3,4)33(10)27(5,6)18-22)24(30)32-25(31)35(16-14-12-2)23-19-28(7,8)36-21-29(36,9)20-23/h22-23H,11-21H2,1-10H3,(H3,30,31,32). The highest BCUT2D eigenvalue weighted by Crippen LogP contribution is 2.50. The van der Waals surface area contributed by atoms with Crippen molar-refractivity contribution in [1.29, 1.82) is 5.41 Å². The first-order valence-corrected chi connectivity index (χ1v) is 14.6. The molecule has 0 aromatic heterocycles. The van der Waals surface area contributed by atoms with Gasteiger partial charge in [0.1, 0.15) is 0 Å². The normalized spacial score (nSPS) is 31.6. The lowest BCUT2D eigenvalue weighted by Gasteiger charge is -2.55. The summed E-state index contributed by atoms with van der Waals surface area (Å²) in [4.78, 5) is 14.6. The third-order valence-electron chi connectivity index (χ3n) is 9.65. The smallest absolute Gasteiger partial charge is 0.221 e. The van der Waals surface area contributed by atoms with Crippen LogP contribution < -0.4 is 5.73 Å². The Hall–Kier alpha value is -1.34. The Morgan fingerprint density at radius 3 is 1.81 bits per heavy atom. The molecule has 0 radical (unpaired) electrons. The summed E-state index contributed by atoms with van der Waals surface area (Å²) in [6, 6.07) is 0.663. The van der Waals surface area contributed by atoms with E-state index in [-0.39, 0.29) is 22.2 Å². The fourth-order valence-electron chi connectivity index (χ4n) is 7.29. The number of rotatable bonds is 8. The van der Waals surface area contributed by atoms with E-state index in [1.807, 2.05) is 0 Å². The Morgan fingerprint density at radius 2 is 1.31 bits per heavy atom. The summed E-state index contributed by atoms with van der Waals surface area (Å²) in [5, 5.41) is 9.15. The molecule has 3 atom stereocenters. The third kappa shape index (κ3) is 6.03. The van der Waals surface area contributed by atoms with Crippen molar-refractivity contribution < 1.29 is 0 Å². The van der Waals surface area contributed by atoms with Crippen LogP contribution in [-0.2, 0) is 0 Å². The average molecular weight is 504 g/mol. The van der Waals surface area contributed by atoms with Gasteiger partial charge in [0.05, 0.1) is 0 Å². The summed E-state index contributed by atoms with van der Waals surface area (Å²) < 4.78 is 0. The molecule has 3 heterocycles. The van der Waals surface area contributed by atoms with Crippen LogP contribution in [0, 0.1) is 5.41 Å². The first-order chi connectivity index (χ1) is 16.6. The number of likely N-dealkylation sites (tertiary alicyclic amines) is 1. The zero-order valence-corrected chi connectivity index (χ0v) is 25.2. The molecule has 0 saturated carbocycles. The summed E-state index contributed by atoms with van der Waals surface area (Å²) in [5.74, 6) is 0.887. The maximum Gasteiger partial charge on any atom is 0.221 e. The van der Waals surface area contributed by atoms with Gasteiger partial charge in [-0.2, -0.15) is 4.99 Å². The Balaban J connectivity index is 1.85. The van der Waals surface area contributed by atoms with E-state index < -0.39 is 0 Å². The van der Waals surface area contributed by atoms with Gasteiger partial charge in [-0.15, -0.1) is 0 Å². The van der Waals surface area contributed by atoms with Crippen LogP contribution in [0.4, 0.5) is 0 Å². The number of guanidine groups is 2. The van der Waals surface area contributed by atoms with Crippen molar-refractivity contribution in [1.82, 2.24) is 19.6 Å². The first-order valence-electron chi connectivity index (χ1n) is 14.6. The number of fused-ring (bicyclic) bond motifs is 1. The van der Waals surface area contributed by atoms with Crippen LogP contribution >= 0.6 is 0 Å². The van der Waals surface area contributed by atoms with Gasteiger partial charge in [-0.05, 0) is 94.0 Å². The zero-order chi connectivity index (χ0) is 27.1. The van der Waals surface area contributed by atoms with Crippen molar-refractivity contribution in [2.75, 3.05) is 26.7 Å². The highest BCUT2D eigenvalue weighted by atomic mass is 15.4. The molecule has 3 aliphatic heterocycles. The number of hydrogen-bond acceptors (Lipinski definition) is 3. The Kier molecular flexibility index (Phi) is 8.47. The average Bonchev–Trinajstić information content (AvgIpc) is 3.45. The van der Waals surface area contributed by atoms with Gasteiger partial charge < -0.3 is 15.5 Å². The van der Waals surface area contributed by atoms with Gasteiger partial charge in [-0.3, -0.25) is 15.2 Å². The minimum absolute atomic E-state index is 0.0805. The number of nitrogens with one attached hydrogen (secondary N) is 1. The molecule has 0 aromatic carbocycles. The molecule has 0 amide bonds. The third-order valence-corrected chi connectivity index (χ3v) is 9.65. The van der Waals surface area contributed by atoms with Crippen molar-refractivity contribution in [3.05, 3.63) is 0 Å². The molecule has 208 valence electrons. The number of unbranched alkanes of at least 4 members (excludes halogenated alkanes) is 2. The molecule has 0 bridgehead atoms. The summed E-state index contributed by atoms with van der Waals surface area (Å²) in [7, 11) is 2.25. The fourth-order valence-corrected chi connectivity index (χ4v) is 7.29. The van der Waals surface area contributed by atoms with Crippen LogP contribution in [0.1, 0.15) is 114 Å². The molecule has 3 N–H and O–H groups in total. The molecule has 7 heteroatoms. The van der Waals surface area contributed by atoms with E-state index in [4.69, 9.17) is 16.1 Å². The Morgan fingerprint density at radius 1 is 0.833 bits per heavy atom. The van der Waals surface area contributed by atoms with Crippen molar-refractivity contribution in [2.24, 2.45) is 10.7 Å². The van der Waals surface area contributed by atoms with Gasteiger partial charge in [-0.1, -0.05) is 26.7 Å². The van der Waals surface area contributed by atoms with Crippen LogP contribution in [0.25, 0.3) is 0 Å². The van der Waals surface area contributed by atoms with Gasteiger partial charge in [0.15, 0.2) is 5.96 Å². The number of nitrogens with zero attached hydrogens (tertiary/aromatic N) is 5. The number of aliphatic imine (C=N–C) groups is 1. The Bertz CT molecular complexity index is 798. The molecule has 3 rings (SSSR count). The highest BCUT2D eigenvalue weighted by molar-refractivity contribution is 5.93. The van der Waals surface area contributed by atoms with E-state index in [1.54, 1.807) is 0 Å². The lowest BCUT2D eigenvalue weighted by Crippen LogP contribution is -2.64. The van der Waals surface area contributed by atoms with Crippen LogP contribution in [-0.4, -0.2) is 92.4 Å². The number of piperidine rings is 2. The van der Waals surface area contributed by atoms with Crippen molar-refractivity contribution in [2.45, 2.75) is 148 Å². The van der Waals surface area contributed by atoms with Gasteiger partial charge in [0.2, 0.25) is 5.96 Å². The molecular weight excluding hydrogens is 446 g/mol. The van der Waals surface area contributed by atoms with Gasteiger partial charge in [0, 0.05) is 53.9 Å². The van der Waals surface area contributed by atoms with E-state index in [0.29, 0.717) is 24.0 Å². The topological polar surface area (TPSA) is 75.0 Å². The molecular formula is C29H57N7. The second-order valence-electron chi connectivity index (χ2n) is 14.1. The summed E-state index contributed by atoms with van der Waals surface area (Å²) >= 11 is 0. The molecule has 3 saturated heterocycles. The lowest BCUT2D eigenvalue weighted by molar-refractivity contribution is -0.0349. The van der Waals surface area contributed by atoms with E-state index in [2.05, 4.69) is 89.0 Å². The maximum absolute atomic E-state index is 9.15. The van der Waals surface area contributed by atoms with E-state index in [1.165, 1.54) is 6.54 Å². The predicted octanol–water partition coefficient (Wildman–Crippen LogP) is 5.11. The SMILES string of the molecule is CCCCN(C(=N)/N=C(\N)N(CCCC)C1CC(C)(C)N(C)C(C)(C)C1)C1CC(C)(C)N2CC2(C)C1. The predicted molar refractivity (Wildman–Crippen MR) is 154 cm³/mol. The van der Waals surface area contributed by atoms with Gasteiger partial charge in [-0.25, -0.2) is 0 Å². The fraction of sp³-hybridized carbons (Fsp3) is 0.931. The largest absolute Gasteiger partial charge is 0.369 e. The number of nitrogens with two attached hydrogens (primary N) is 1. The van der Waals surface area contributed by atoms with Crippen molar-refractivity contribution >= 4 is 11.9 Å². The maximum atomic E-state index is 9.15. The van der Waals surface area contributed by atoms with E-state index in [0.717, 1.165) is 64.5 Å². The quantitative estimate of drug-likeness (QED) is 0.274. The van der Waals surface area contributed by atoms with Crippen molar-refractivity contribution in [3.8, 4) is 0 Å². The molecule has 0 aromatic rings. The molecule has 0 aliphatic carbocycles. The molecule has 3 unspecified atom stereocenters. The Labute approximate surface area is 222 Å². The molecule has 7 nitrogen and oxygen atoms in total. The first kappa shape index (κ1) is 29.2. The van der Waals surface area contributed by atoms with Crippen LogP contribution in [0.5, 0.6) is 0 Å². The second kappa shape index (κ2) is 10.4. The van der Waals surface area contributed by atoms with Crippen LogP contribution in [0.2, 0.25) is 0 Å². The molecule has 3 aliphatic rings. The van der Waals surface area contributed by atoms with Crippen LogP contribution in [0.15, 0.2) is 4.99 Å². The van der Waals surface area contributed by atoms with Crippen molar-refractivity contribution in [3.63, 3.8) is 0 Å². The summed E-state index contributed by atoms with van der Waals surface area (Å²) in [6.07, 6.45) is 8.67. The summed E-state index contributed by atoms with van der Waals surface area (Å²) in [5.41, 5.74) is 7.39. The minimum Gasteiger partial charge on any atom is -0.369 e. The zero-order valence-electron chi connectivity index (χ0n) is 25.2. The lowest BCUT2D eigenvalue weighted by atomic mass is 9.77. The molecule has 0 spiro atoms. The summed E-state index contributed by atoms with van der Waals surface area (Å²) in [6.45, 7) is 23.9. The molecule has 3 fully saturated rings. The van der Waals surface area contributed by atoms with E-state index in [9.17, 15) is 0 Å². The van der Waals surface area contributed by atoms with Gasteiger partial charge >= 0.3 is 0 Å². The van der Waals surface area contributed by atoms with Gasteiger partial charge in [0.25, 0.3) is 0 Å². The highest BCUT2D eigenvalue weighted by Gasteiger charge is 2.60. The number of hydrogen-bond donors (Lipinski definition) is 2. The minimum atomic E-state index is 0.0805. The van der Waals surface area contributed by atoms with E-state index >= 15 is 0 Å².